The summed E-state index contributed by atoms with van der Waals surface area (Å²) in [5.41, 5.74) is 21.6. The first-order valence-electron chi connectivity index (χ1n) is 21.7. The van der Waals surface area contributed by atoms with Crippen LogP contribution in [0.2, 0.25) is 0 Å². The van der Waals surface area contributed by atoms with Crippen LogP contribution in [0.25, 0.3) is 0 Å². The summed E-state index contributed by atoms with van der Waals surface area (Å²) in [6.07, 6.45) is -1.08. The van der Waals surface area contributed by atoms with Crippen molar-refractivity contribution in [1.29, 1.82) is 0 Å². The van der Waals surface area contributed by atoms with Gasteiger partial charge in [0, 0.05) is 37.4 Å². The largest absolute Gasteiger partial charge is 0.481 e. The molecule has 0 bridgehead atoms. The minimum Gasteiger partial charge on any atom is -0.481 e. The Hall–Kier alpha value is -6.43. The van der Waals surface area contributed by atoms with E-state index in [1.165, 1.54) is 27.7 Å². The van der Waals surface area contributed by atoms with Gasteiger partial charge in [-0.3, -0.25) is 57.7 Å². The van der Waals surface area contributed by atoms with Crippen LogP contribution in [0.4, 0.5) is 0 Å². The third-order valence-corrected chi connectivity index (χ3v) is 11.1. The van der Waals surface area contributed by atoms with Gasteiger partial charge in [0.05, 0.1) is 6.04 Å². The van der Waals surface area contributed by atoms with Crippen molar-refractivity contribution < 1.29 is 67.7 Å². The predicted octanol–water partition coefficient (Wildman–Crippen LogP) is -6.61. The van der Waals surface area contributed by atoms with Crippen LogP contribution in [-0.2, 0) is 57.5 Å². The molecule has 0 aromatic heterocycles. The number of hydrogen-bond donors (Lipinski definition) is 16. The van der Waals surface area contributed by atoms with Crippen molar-refractivity contribution in [3.63, 3.8) is 0 Å². The molecule has 0 aromatic carbocycles. The lowest BCUT2D eigenvalue weighted by molar-refractivity contribution is -0.144. The summed E-state index contributed by atoms with van der Waals surface area (Å²) in [5.74, 6) is -11.7. The monoisotopic (exact) mass is 1020 g/mol. The van der Waals surface area contributed by atoms with Gasteiger partial charge < -0.3 is 80.6 Å². The number of amides is 10. The zero-order chi connectivity index (χ0) is 52.7. The van der Waals surface area contributed by atoms with Gasteiger partial charge in [0.1, 0.15) is 54.4 Å². The second kappa shape index (κ2) is 30.1. The van der Waals surface area contributed by atoms with Crippen LogP contribution in [0.1, 0.15) is 79.1 Å². The summed E-state index contributed by atoms with van der Waals surface area (Å²) >= 11 is 7.87. The van der Waals surface area contributed by atoms with Gasteiger partial charge in [-0.15, -0.1) is 0 Å². The molecule has 0 saturated carbocycles. The molecule has 0 aliphatic carbocycles. The minimum absolute atomic E-state index is 0.0128. The Kier molecular flexibility index (Phi) is 26.5. The highest BCUT2D eigenvalue weighted by Crippen LogP contribution is 2.20. The molecular weight excluding hydrogens is 953 g/mol. The molecule has 28 nitrogen and oxygen atoms in total. The number of primary amides is 1. The van der Waals surface area contributed by atoms with Crippen LogP contribution in [-0.4, -0.2) is 177 Å². The molecule has 388 valence electrons. The number of rotatable bonds is 30. The zero-order valence-electron chi connectivity index (χ0n) is 38.7. The number of nitrogens with zero attached hydrogens (tertiary/aromatic N) is 2. The van der Waals surface area contributed by atoms with Crippen molar-refractivity contribution >= 4 is 102 Å². The predicted molar refractivity (Wildman–Crippen MR) is 251 cm³/mol. The molecule has 1 aliphatic heterocycles. The van der Waals surface area contributed by atoms with E-state index in [1.54, 1.807) is 0 Å². The van der Waals surface area contributed by atoms with Crippen LogP contribution in [0.3, 0.4) is 0 Å². The maximum atomic E-state index is 13.9. The fraction of sp³-hybridized carbons (Fsp3) is 0.667. The van der Waals surface area contributed by atoms with E-state index in [9.17, 15) is 67.7 Å². The third-order valence-electron chi connectivity index (χ3n) is 10.3. The van der Waals surface area contributed by atoms with Crippen LogP contribution in [0.15, 0.2) is 4.99 Å². The first-order chi connectivity index (χ1) is 32.2. The van der Waals surface area contributed by atoms with E-state index in [2.05, 4.69) is 72.8 Å². The summed E-state index contributed by atoms with van der Waals surface area (Å²) in [6, 6.07) is -13.1. The average Bonchev–Trinajstić information content (AvgIpc) is 3.78. The number of carbonyl (C=O) groups excluding carboxylic acids is 10. The lowest BCUT2D eigenvalue weighted by Crippen LogP contribution is -2.59. The second-order valence-corrected chi connectivity index (χ2v) is 16.8. The standard InChI is InChI=1S/C39H66N14O14S2/c1-17(46-31(59)19(3)48-34(62)22(7-5-13-44-39(42)43)49-33(61)21(40)15-68)29(57)45-18(2)30(58)47-20(4)32(60)51-24(10-12-28(55)56)37(65)53-14-6-8-26(53)36(64)50-23(9-11-27(41)54)35(63)52-25(16-69)38(66)67/h17-26,68-69H,5-16,40H2,1-4H3,(H2,41,54)(H,45,57)(H,46,59)(H,47,58)(H,48,62)(H,49,61)(H,50,64)(H,51,60)(H,52,63)(H,55,56)(H,66,67)(H4,42,43,44)/t17-,18-,19-,20-,21-,22-,23-,24-,25-,26-/m0/s1. The molecule has 0 radical (unpaired) electrons. The number of guanidine groups is 1. The number of aliphatic imine (C=N–C) groups is 1. The highest BCUT2D eigenvalue weighted by atomic mass is 32.1. The third kappa shape index (κ3) is 21.6. The Morgan fingerprint density at radius 3 is 1.51 bits per heavy atom. The first-order valence-corrected chi connectivity index (χ1v) is 23.0. The Bertz CT molecular complexity index is 1930. The van der Waals surface area contributed by atoms with Crippen LogP contribution in [0, 0.1) is 0 Å². The maximum absolute atomic E-state index is 13.9. The van der Waals surface area contributed by atoms with E-state index >= 15 is 0 Å². The molecule has 10 atom stereocenters. The smallest absolute Gasteiger partial charge is 0.327 e. The van der Waals surface area contributed by atoms with Gasteiger partial charge in [0.15, 0.2) is 5.96 Å². The summed E-state index contributed by atoms with van der Waals surface area (Å²) in [6.45, 7) is 5.22. The quantitative estimate of drug-likeness (QED) is 0.0138. The molecule has 1 saturated heterocycles. The van der Waals surface area contributed by atoms with Crippen molar-refractivity contribution in [3.05, 3.63) is 0 Å². The highest BCUT2D eigenvalue weighted by molar-refractivity contribution is 7.80. The van der Waals surface area contributed by atoms with Gasteiger partial charge in [-0.25, -0.2) is 4.79 Å². The molecule has 69 heavy (non-hydrogen) atoms. The molecule has 1 fully saturated rings. The number of hydrogen-bond acceptors (Lipinski definition) is 16. The average molecular weight is 1020 g/mol. The van der Waals surface area contributed by atoms with Crippen molar-refractivity contribution in [2.45, 2.75) is 139 Å². The Morgan fingerprint density at radius 1 is 0.594 bits per heavy atom. The molecule has 0 aromatic rings. The van der Waals surface area contributed by atoms with Gasteiger partial charge in [0.2, 0.25) is 59.1 Å². The molecular formula is C39H66N14O14S2. The van der Waals surface area contributed by atoms with Crippen LogP contribution in [0.5, 0.6) is 0 Å². The van der Waals surface area contributed by atoms with Gasteiger partial charge in [0.25, 0.3) is 0 Å². The van der Waals surface area contributed by atoms with Crippen molar-refractivity contribution in [2.75, 3.05) is 24.6 Å². The number of nitrogens with one attached hydrogen (secondary N) is 8. The molecule has 18 N–H and O–H groups in total. The van der Waals surface area contributed by atoms with Crippen molar-refractivity contribution in [1.82, 2.24) is 47.4 Å². The van der Waals surface area contributed by atoms with E-state index in [0.717, 1.165) is 4.90 Å². The number of likely N-dealkylation sites (tertiary alicyclic amines) is 1. The highest BCUT2D eigenvalue weighted by Gasteiger charge is 2.40. The van der Waals surface area contributed by atoms with Crippen LogP contribution < -0.4 is 65.5 Å². The number of aliphatic carboxylic acids is 2. The van der Waals surface area contributed by atoms with E-state index in [0.29, 0.717) is 0 Å². The number of thiol groups is 2. The molecule has 1 heterocycles. The van der Waals surface area contributed by atoms with Crippen molar-refractivity contribution in [3.8, 4) is 0 Å². The van der Waals surface area contributed by atoms with E-state index in [-0.39, 0.29) is 69.1 Å². The topological polar surface area (TPSA) is 461 Å². The molecule has 10 amide bonds. The van der Waals surface area contributed by atoms with Gasteiger partial charge in [-0.1, -0.05) is 0 Å². The van der Waals surface area contributed by atoms with Gasteiger partial charge in [-0.05, 0) is 66.2 Å². The Balaban J connectivity index is 2.98. The SMILES string of the molecule is C[C@H](NC(=O)[C@H](C)NC(=O)[C@H](C)NC(=O)[C@H](CCCN=C(N)N)NC(=O)[C@@H](N)CS)C(=O)N[C@@H](C)C(=O)N[C@@H](CCC(=O)O)C(=O)N1CCC[C@H]1C(=O)N[C@@H](CCC(N)=O)C(=O)N[C@@H](CS)C(=O)O. The second-order valence-electron chi connectivity index (χ2n) is 16.1. The summed E-state index contributed by atoms with van der Waals surface area (Å²) < 4.78 is 0. The lowest BCUT2D eigenvalue weighted by Gasteiger charge is -2.30. The normalized spacial score (nSPS) is 17.0. The lowest BCUT2D eigenvalue weighted by atomic mass is 10.1. The summed E-state index contributed by atoms with van der Waals surface area (Å²) in [4.78, 5) is 158. The molecule has 0 unspecified atom stereocenters. The van der Waals surface area contributed by atoms with Crippen molar-refractivity contribution in [2.24, 2.45) is 27.9 Å². The summed E-state index contributed by atoms with van der Waals surface area (Å²) in [5, 5.41) is 37.8. The maximum Gasteiger partial charge on any atom is 0.327 e. The zero-order valence-corrected chi connectivity index (χ0v) is 40.4. The Labute approximate surface area is 408 Å². The van der Waals surface area contributed by atoms with E-state index < -0.39 is 144 Å². The van der Waals surface area contributed by atoms with E-state index in [1.807, 2.05) is 0 Å². The van der Waals surface area contributed by atoms with Gasteiger partial charge in [-0.2, -0.15) is 25.3 Å². The van der Waals surface area contributed by atoms with Gasteiger partial charge >= 0.3 is 11.9 Å². The Morgan fingerprint density at radius 2 is 1.04 bits per heavy atom. The fourth-order valence-corrected chi connectivity index (χ4v) is 6.74. The first kappa shape index (κ1) is 60.6. The summed E-state index contributed by atoms with van der Waals surface area (Å²) in [7, 11) is 0. The minimum atomic E-state index is -1.53. The molecule has 0 spiro atoms. The molecule has 1 rings (SSSR count). The number of carbonyl (C=O) groups is 12. The number of nitrogens with two attached hydrogens (primary N) is 4. The number of carboxylic acids is 2. The van der Waals surface area contributed by atoms with Crippen LogP contribution >= 0.6 is 25.3 Å². The molecule has 1 aliphatic rings. The fourth-order valence-electron chi connectivity index (χ4n) is 6.33. The molecule has 30 heteroatoms. The number of carboxylic acid groups (broad SMARTS) is 2. The van der Waals surface area contributed by atoms with E-state index in [4.69, 9.17) is 22.9 Å².